The summed E-state index contributed by atoms with van der Waals surface area (Å²) in [6.45, 7) is 9.62. The second kappa shape index (κ2) is 17.7. The van der Waals surface area contributed by atoms with Crippen LogP contribution in [0, 0.1) is 46.3 Å². The molecule has 0 saturated heterocycles. The third-order valence-corrected chi connectivity index (χ3v) is 14.5. The van der Waals surface area contributed by atoms with Crippen molar-refractivity contribution in [1.82, 2.24) is 0 Å². The summed E-state index contributed by atoms with van der Waals surface area (Å²) in [5, 5.41) is 32.9. The SMILES string of the molecule is CCCCCCCCC=CCCCCCCCC[C@]1(O)CC2C[C@@H](O)CC[C@]2(C)[C@H]2CC[C@]3(C)[C@@H]([C@H](C)CCC(=O)O)CC[C@H]3[C@@H]21. The fourth-order valence-electron chi connectivity index (χ4n) is 11.9. The van der Waals surface area contributed by atoms with Crippen LogP contribution in [0.15, 0.2) is 12.2 Å². The van der Waals surface area contributed by atoms with E-state index in [-0.39, 0.29) is 23.4 Å². The fraction of sp³-hybridized carbons (Fsp3) is 0.929. The summed E-state index contributed by atoms with van der Waals surface area (Å²) in [5.74, 6) is 2.16. The number of aliphatic hydroxyl groups is 2. The molecular weight excluding hydrogens is 568 g/mol. The first-order valence-electron chi connectivity index (χ1n) is 20.3. The van der Waals surface area contributed by atoms with Crippen molar-refractivity contribution in [2.24, 2.45) is 46.3 Å². The maximum atomic E-state index is 12.8. The number of hydrogen-bond acceptors (Lipinski definition) is 3. The molecule has 4 fully saturated rings. The minimum absolute atomic E-state index is 0.202. The third-order valence-electron chi connectivity index (χ3n) is 14.5. The van der Waals surface area contributed by atoms with E-state index in [2.05, 4.69) is 39.8 Å². The molecule has 3 N–H and O–H groups in total. The average Bonchev–Trinajstić information content (AvgIpc) is 3.37. The van der Waals surface area contributed by atoms with Crippen LogP contribution in [0.5, 0.6) is 0 Å². The van der Waals surface area contributed by atoms with Crippen LogP contribution in [0.25, 0.3) is 0 Å². The molecule has 10 atom stereocenters. The highest BCUT2D eigenvalue weighted by Crippen LogP contribution is 2.70. The monoisotopic (exact) mass is 643 g/mol. The van der Waals surface area contributed by atoms with Crippen LogP contribution in [0.1, 0.15) is 188 Å². The van der Waals surface area contributed by atoms with Crippen LogP contribution in [-0.2, 0) is 4.79 Å². The number of carboxylic acid groups (broad SMARTS) is 1. The van der Waals surface area contributed by atoms with Gasteiger partial charge in [-0.05, 0) is 136 Å². The normalized spacial score (nSPS) is 38.0. The zero-order valence-electron chi connectivity index (χ0n) is 30.6. The number of aliphatic hydroxyl groups excluding tert-OH is 1. The van der Waals surface area contributed by atoms with Crippen molar-refractivity contribution in [3.05, 3.63) is 12.2 Å². The lowest BCUT2D eigenvalue weighted by Gasteiger charge is -2.66. The molecule has 4 saturated carbocycles. The lowest BCUT2D eigenvalue weighted by atomic mass is 9.40. The van der Waals surface area contributed by atoms with E-state index < -0.39 is 11.6 Å². The second-order valence-electron chi connectivity index (χ2n) is 17.5. The van der Waals surface area contributed by atoms with E-state index in [0.29, 0.717) is 35.5 Å². The summed E-state index contributed by atoms with van der Waals surface area (Å²) in [5.41, 5.74) is -0.195. The number of carbonyl (C=O) groups is 1. The highest BCUT2D eigenvalue weighted by Gasteiger charge is 2.66. The van der Waals surface area contributed by atoms with Crippen LogP contribution < -0.4 is 0 Å². The molecule has 46 heavy (non-hydrogen) atoms. The summed E-state index contributed by atoms with van der Waals surface area (Å²) >= 11 is 0. The van der Waals surface area contributed by atoms with Gasteiger partial charge in [-0.2, -0.15) is 0 Å². The Balaban J connectivity index is 1.28. The lowest BCUT2D eigenvalue weighted by molar-refractivity contribution is -0.222. The highest BCUT2D eigenvalue weighted by atomic mass is 16.4. The first-order valence-corrected chi connectivity index (χ1v) is 20.3. The average molecular weight is 643 g/mol. The molecule has 4 aliphatic carbocycles. The summed E-state index contributed by atoms with van der Waals surface area (Å²) in [6, 6.07) is 0. The van der Waals surface area contributed by atoms with Crippen molar-refractivity contribution in [3.63, 3.8) is 0 Å². The van der Waals surface area contributed by atoms with Gasteiger partial charge in [-0.15, -0.1) is 0 Å². The molecule has 0 aromatic carbocycles. The number of carboxylic acids is 1. The fourth-order valence-corrected chi connectivity index (χ4v) is 11.9. The van der Waals surface area contributed by atoms with Gasteiger partial charge in [-0.3, -0.25) is 4.79 Å². The van der Waals surface area contributed by atoms with Crippen LogP contribution in [0.3, 0.4) is 0 Å². The van der Waals surface area contributed by atoms with Crippen molar-refractivity contribution >= 4 is 5.97 Å². The maximum absolute atomic E-state index is 12.8. The van der Waals surface area contributed by atoms with E-state index in [1.165, 1.54) is 109 Å². The Bertz CT molecular complexity index is 946. The van der Waals surface area contributed by atoms with Crippen LogP contribution in [0.2, 0.25) is 0 Å². The molecular formula is C42H74O4. The van der Waals surface area contributed by atoms with Gasteiger partial charge in [0, 0.05) is 6.42 Å². The molecule has 0 amide bonds. The number of hydrogen-bond donors (Lipinski definition) is 3. The molecule has 266 valence electrons. The Labute approximate surface area is 284 Å². The maximum Gasteiger partial charge on any atom is 0.303 e. The standard InChI is InChI=1S/C42H74O4/c1-5-6-7-8-9-10-11-12-13-14-15-16-17-18-19-20-27-42(46)31-33-30-34(43)25-28-40(33,3)37-26-29-41(4)35(22-23-36(41)39(37)42)32(2)21-24-38(44)45/h12-13,32-37,39,43,46H,5-11,14-31H2,1-4H3,(H,44,45)/t32-,33?,34+,35-,36+,37+,39+,40+,41-,42+/m1/s1. The number of unbranched alkanes of at least 4 members (excludes halogenated alkanes) is 12. The zero-order valence-corrected chi connectivity index (χ0v) is 30.6. The van der Waals surface area contributed by atoms with Gasteiger partial charge in [0.25, 0.3) is 0 Å². The summed E-state index contributed by atoms with van der Waals surface area (Å²) in [4.78, 5) is 11.4. The summed E-state index contributed by atoms with van der Waals surface area (Å²) in [6.07, 6.45) is 33.4. The van der Waals surface area contributed by atoms with Crippen molar-refractivity contribution in [3.8, 4) is 0 Å². The molecule has 0 heterocycles. The summed E-state index contributed by atoms with van der Waals surface area (Å²) < 4.78 is 0. The molecule has 4 nitrogen and oxygen atoms in total. The number of allylic oxidation sites excluding steroid dienone is 2. The Hall–Kier alpha value is -0.870. The molecule has 1 unspecified atom stereocenters. The molecule has 0 bridgehead atoms. The molecule has 4 rings (SSSR count). The topological polar surface area (TPSA) is 77.8 Å². The molecule has 0 aliphatic heterocycles. The zero-order chi connectivity index (χ0) is 33.2. The molecule has 4 aliphatic rings. The largest absolute Gasteiger partial charge is 0.481 e. The predicted molar refractivity (Wildman–Crippen MR) is 192 cm³/mol. The lowest BCUT2D eigenvalue weighted by Crippen LogP contribution is -2.63. The van der Waals surface area contributed by atoms with Crippen molar-refractivity contribution < 1.29 is 20.1 Å². The predicted octanol–water partition coefficient (Wildman–Crippen LogP) is 11.3. The van der Waals surface area contributed by atoms with Gasteiger partial charge >= 0.3 is 5.97 Å². The number of aliphatic carboxylic acids is 1. The van der Waals surface area contributed by atoms with Gasteiger partial charge in [0.2, 0.25) is 0 Å². The quantitative estimate of drug-likeness (QED) is 0.0912. The van der Waals surface area contributed by atoms with E-state index in [4.69, 9.17) is 0 Å². The third kappa shape index (κ3) is 9.22. The summed E-state index contributed by atoms with van der Waals surface area (Å²) in [7, 11) is 0. The molecule has 4 heteroatoms. The van der Waals surface area contributed by atoms with E-state index in [1.807, 2.05) is 0 Å². The molecule has 0 aromatic rings. The Morgan fingerprint density at radius 3 is 2.04 bits per heavy atom. The highest BCUT2D eigenvalue weighted by molar-refractivity contribution is 5.66. The van der Waals surface area contributed by atoms with Gasteiger partial charge in [0.05, 0.1) is 11.7 Å². The first-order chi connectivity index (χ1) is 22.0. The smallest absolute Gasteiger partial charge is 0.303 e. The molecule has 0 aromatic heterocycles. The van der Waals surface area contributed by atoms with Crippen molar-refractivity contribution in [1.29, 1.82) is 0 Å². The van der Waals surface area contributed by atoms with Crippen LogP contribution >= 0.6 is 0 Å². The van der Waals surface area contributed by atoms with E-state index >= 15 is 0 Å². The van der Waals surface area contributed by atoms with E-state index in [0.717, 1.165) is 44.9 Å². The molecule has 0 radical (unpaired) electrons. The van der Waals surface area contributed by atoms with Crippen LogP contribution in [-0.4, -0.2) is 33.0 Å². The molecule has 0 spiro atoms. The Kier molecular flexibility index (Phi) is 14.6. The van der Waals surface area contributed by atoms with Crippen LogP contribution in [0.4, 0.5) is 0 Å². The minimum Gasteiger partial charge on any atom is -0.481 e. The van der Waals surface area contributed by atoms with Gasteiger partial charge in [0.1, 0.15) is 0 Å². The minimum atomic E-state index is -0.675. The van der Waals surface area contributed by atoms with Gasteiger partial charge < -0.3 is 15.3 Å². The van der Waals surface area contributed by atoms with Crippen molar-refractivity contribution in [2.75, 3.05) is 0 Å². The Morgan fingerprint density at radius 1 is 0.804 bits per heavy atom. The van der Waals surface area contributed by atoms with E-state index in [9.17, 15) is 20.1 Å². The van der Waals surface area contributed by atoms with Gasteiger partial charge in [-0.1, -0.05) is 104 Å². The van der Waals surface area contributed by atoms with Crippen molar-refractivity contribution in [2.45, 2.75) is 200 Å². The first kappa shape index (κ1) is 37.9. The van der Waals surface area contributed by atoms with Gasteiger partial charge in [-0.25, -0.2) is 0 Å². The van der Waals surface area contributed by atoms with Gasteiger partial charge in [0.15, 0.2) is 0 Å². The second-order valence-corrected chi connectivity index (χ2v) is 17.5. The Morgan fingerprint density at radius 2 is 1.39 bits per heavy atom. The van der Waals surface area contributed by atoms with E-state index in [1.54, 1.807) is 0 Å². The number of fused-ring (bicyclic) bond motifs is 5. The number of rotatable bonds is 20.